The number of aromatic nitrogens is 2. The van der Waals surface area contributed by atoms with E-state index in [1.165, 1.54) is 6.33 Å². The first-order valence-corrected chi connectivity index (χ1v) is 8.09. The fourth-order valence-corrected chi connectivity index (χ4v) is 3.86. The van der Waals surface area contributed by atoms with Crippen LogP contribution < -0.4 is 4.90 Å². The predicted octanol–water partition coefficient (Wildman–Crippen LogP) is 2.09. The van der Waals surface area contributed by atoms with Gasteiger partial charge in [0.15, 0.2) is 0 Å². The van der Waals surface area contributed by atoms with Crippen LogP contribution in [0.25, 0.3) is 0 Å². The lowest BCUT2D eigenvalue weighted by Gasteiger charge is -2.38. The third kappa shape index (κ3) is 2.63. The van der Waals surface area contributed by atoms with Crippen LogP contribution in [0.5, 0.6) is 0 Å². The van der Waals surface area contributed by atoms with Crippen LogP contribution in [-0.2, 0) is 11.3 Å². The zero-order valence-electron chi connectivity index (χ0n) is 13.0. The molecule has 0 saturated carbocycles. The minimum absolute atomic E-state index is 0.219. The number of anilines is 1. The molecule has 1 spiro atoms. The lowest BCUT2D eigenvalue weighted by Crippen LogP contribution is -2.47. The van der Waals surface area contributed by atoms with Gasteiger partial charge in [0.05, 0.1) is 36.3 Å². The van der Waals surface area contributed by atoms with Gasteiger partial charge in [-0.15, -0.1) is 0 Å². The van der Waals surface area contributed by atoms with Gasteiger partial charge in [0.25, 0.3) is 0 Å². The molecule has 2 aromatic heterocycles. The van der Waals surface area contributed by atoms with Crippen molar-refractivity contribution in [1.29, 1.82) is 0 Å². The summed E-state index contributed by atoms with van der Waals surface area (Å²) in [5.74, 6) is 1.18. The first-order chi connectivity index (χ1) is 11.3. The highest BCUT2D eigenvalue weighted by molar-refractivity contribution is 5.99. The van der Waals surface area contributed by atoms with Crippen LogP contribution in [0.1, 0.15) is 25.0 Å². The molecule has 6 nitrogen and oxygen atoms in total. The average molecular weight is 312 g/mol. The predicted molar refractivity (Wildman–Crippen MR) is 84.7 cm³/mol. The largest absolute Gasteiger partial charge is 0.468 e. The van der Waals surface area contributed by atoms with E-state index < -0.39 is 0 Å². The van der Waals surface area contributed by atoms with Crippen molar-refractivity contribution in [2.24, 2.45) is 5.41 Å². The number of rotatable bonds is 3. The van der Waals surface area contributed by atoms with Crippen molar-refractivity contribution < 1.29 is 9.21 Å². The summed E-state index contributed by atoms with van der Waals surface area (Å²) in [5.41, 5.74) is 0.540. The minimum Gasteiger partial charge on any atom is -0.468 e. The number of furan rings is 1. The summed E-state index contributed by atoms with van der Waals surface area (Å²) in [7, 11) is 0. The van der Waals surface area contributed by atoms with Crippen molar-refractivity contribution in [3.05, 3.63) is 42.9 Å². The summed E-state index contributed by atoms with van der Waals surface area (Å²) < 4.78 is 5.45. The summed E-state index contributed by atoms with van der Waals surface area (Å²) >= 11 is 0. The number of piperidine rings is 1. The maximum absolute atomic E-state index is 13.1. The van der Waals surface area contributed by atoms with Gasteiger partial charge < -0.3 is 9.32 Å². The molecular weight excluding hydrogens is 292 g/mol. The van der Waals surface area contributed by atoms with Crippen molar-refractivity contribution >= 4 is 11.6 Å². The van der Waals surface area contributed by atoms with Crippen LogP contribution in [0.2, 0.25) is 0 Å². The van der Waals surface area contributed by atoms with Gasteiger partial charge in [-0.1, -0.05) is 0 Å². The van der Waals surface area contributed by atoms with Gasteiger partial charge in [-0.3, -0.25) is 9.69 Å². The molecule has 4 heterocycles. The highest BCUT2D eigenvalue weighted by atomic mass is 16.3. The van der Waals surface area contributed by atoms with E-state index in [1.54, 1.807) is 18.7 Å². The number of amides is 1. The van der Waals surface area contributed by atoms with Gasteiger partial charge in [0, 0.05) is 13.1 Å². The van der Waals surface area contributed by atoms with Crippen molar-refractivity contribution in [1.82, 2.24) is 14.9 Å². The van der Waals surface area contributed by atoms with E-state index >= 15 is 0 Å². The number of carbonyl (C=O) groups is 1. The normalized spacial score (nSPS) is 25.4. The second-order valence-corrected chi connectivity index (χ2v) is 6.48. The zero-order valence-corrected chi connectivity index (χ0v) is 13.0. The topological polar surface area (TPSA) is 62.5 Å². The zero-order chi connectivity index (χ0) is 15.7. The van der Waals surface area contributed by atoms with Crippen molar-refractivity contribution in [2.45, 2.75) is 25.8 Å². The molecule has 23 heavy (non-hydrogen) atoms. The molecule has 0 radical (unpaired) electrons. The second-order valence-electron chi connectivity index (χ2n) is 6.48. The molecule has 4 rings (SSSR count). The molecule has 2 aromatic rings. The molecule has 0 unspecified atom stereocenters. The Labute approximate surface area is 135 Å². The molecule has 2 aliphatic rings. The molecule has 0 aromatic carbocycles. The Morgan fingerprint density at radius 1 is 1.22 bits per heavy atom. The molecule has 1 atom stereocenters. The molecule has 2 saturated heterocycles. The summed E-state index contributed by atoms with van der Waals surface area (Å²) in [5, 5.41) is 0. The number of likely N-dealkylation sites (tertiary alicyclic amines) is 1. The number of nitrogens with zero attached hydrogens (tertiary/aromatic N) is 4. The fourth-order valence-electron chi connectivity index (χ4n) is 3.86. The lowest BCUT2D eigenvalue weighted by atomic mass is 9.78. The van der Waals surface area contributed by atoms with Gasteiger partial charge in [0.1, 0.15) is 12.1 Å². The van der Waals surface area contributed by atoms with Gasteiger partial charge in [-0.2, -0.15) is 0 Å². The van der Waals surface area contributed by atoms with E-state index in [0.29, 0.717) is 0 Å². The van der Waals surface area contributed by atoms with Crippen LogP contribution in [0, 0.1) is 5.41 Å². The third-order valence-corrected chi connectivity index (χ3v) is 4.99. The molecule has 6 heteroatoms. The Morgan fingerprint density at radius 3 is 2.87 bits per heavy atom. The van der Waals surface area contributed by atoms with Crippen LogP contribution in [0.3, 0.4) is 0 Å². The first kappa shape index (κ1) is 14.4. The van der Waals surface area contributed by atoms with Crippen molar-refractivity contribution in [3.8, 4) is 0 Å². The van der Waals surface area contributed by atoms with Crippen LogP contribution in [0.4, 0.5) is 5.69 Å². The highest BCUT2D eigenvalue weighted by Gasteiger charge is 2.49. The van der Waals surface area contributed by atoms with Gasteiger partial charge >= 0.3 is 0 Å². The van der Waals surface area contributed by atoms with Crippen molar-refractivity contribution in [2.75, 3.05) is 24.5 Å². The van der Waals surface area contributed by atoms with E-state index in [-0.39, 0.29) is 11.3 Å². The maximum atomic E-state index is 13.1. The lowest BCUT2D eigenvalue weighted by molar-refractivity contribution is -0.128. The van der Waals surface area contributed by atoms with Crippen LogP contribution in [0.15, 0.2) is 41.5 Å². The molecule has 0 N–H and O–H groups in total. The number of carbonyl (C=O) groups excluding carboxylic acids is 1. The summed E-state index contributed by atoms with van der Waals surface area (Å²) in [4.78, 5) is 25.3. The summed E-state index contributed by atoms with van der Waals surface area (Å²) in [6, 6.07) is 3.90. The number of hydrogen-bond acceptors (Lipinski definition) is 5. The quantitative estimate of drug-likeness (QED) is 0.868. The molecule has 2 fully saturated rings. The van der Waals surface area contributed by atoms with E-state index in [2.05, 4.69) is 14.9 Å². The van der Waals surface area contributed by atoms with Crippen molar-refractivity contribution in [3.63, 3.8) is 0 Å². The average Bonchev–Trinajstić information content (AvgIpc) is 3.19. The Hall–Kier alpha value is -2.21. The summed E-state index contributed by atoms with van der Waals surface area (Å²) in [6.45, 7) is 3.35. The SMILES string of the molecule is O=C1N(c2cncnc2)CC[C@@]12CCCN(Cc1ccco1)C2. The third-order valence-electron chi connectivity index (χ3n) is 4.99. The van der Waals surface area contributed by atoms with E-state index in [9.17, 15) is 4.79 Å². The Balaban J connectivity index is 1.51. The maximum Gasteiger partial charge on any atom is 0.234 e. The molecule has 0 bridgehead atoms. The molecule has 1 amide bonds. The van der Waals surface area contributed by atoms with E-state index in [1.807, 2.05) is 17.0 Å². The monoisotopic (exact) mass is 312 g/mol. The van der Waals surface area contributed by atoms with E-state index in [4.69, 9.17) is 4.42 Å². The van der Waals surface area contributed by atoms with Gasteiger partial charge in [-0.05, 0) is 37.9 Å². The Kier molecular flexibility index (Phi) is 3.61. The standard InChI is InChI=1S/C17H20N4O2/c22-16-17(5-7-21(16)14-9-18-13-19-10-14)4-2-6-20(12-17)11-15-3-1-8-23-15/h1,3,8-10,13H,2,4-7,11-12H2/t17-/m1/s1. The highest BCUT2D eigenvalue weighted by Crippen LogP contribution is 2.41. The first-order valence-electron chi connectivity index (χ1n) is 8.09. The van der Waals surface area contributed by atoms with Gasteiger partial charge in [0.2, 0.25) is 5.91 Å². The number of hydrogen-bond donors (Lipinski definition) is 0. The molecule has 120 valence electrons. The van der Waals surface area contributed by atoms with Crippen LogP contribution in [-0.4, -0.2) is 40.4 Å². The Bertz CT molecular complexity index is 673. The second kappa shape index (κ2) is 5.77. The molecule has 2 aliphatic heterocycles. The molecular formula is C17H20N4O2. The van der Waals surface area contributed by atoms with Crippen LogP contribution >= 0.6 is 0 Å². The van der Waals surface area contributed by atoms with E-state index in [0.717, 1.165) is 56.9 Å². The Morgan fingerprint density at radius 2 is 2.09 bits per heavy atom. The summed E-state index contributed by atoms with van der Waals surface area (Å²) in [6.07, 6.45) is 9.53. The smallest absolute Gasteiger partial charge is 0.234 e. The fraction of sp³-hybridized carbons (Fsp3) is 0.471. The minimum atomic E-state index is -0.263. The molecule has 0 aliphatic carbocycles. The van der Waals surface area contributed by atoms with Gasteiger partial charge in [-0.25, -0.2) is 9.97 Å².